The lowest BCUT2D eigenvalue weighted by Gasteiger charge is -2.20. The Morgan fingerprint density at radius 3 is 2.89 bits per heavy atom. The van der Waals surface area contributed by atoms with Crippen LogP contribution in [0.3, 0.4) is 0 Å². The van der Waals surface area contributed by atoms with E-state index in [1.807, 2.05) is 13.0 Å². The topological polar surface area (TPSA) is 97.2 Å². The first-order chi connectivity index (χ1) is 9.13. The lowest BCUT2D eigenvalue weighted by Crippen LogP contribution is -2.35. The van der Waals surface area contributed by atoms with Gasteiger partial charge in [0.15, 0.2) is 5.69 Å². The van der Waals surface area contributed by atoms with Gasteiger partial charge >= 0.3 is 0 Å². The number of aromatic nitrogens is 2. The molecule has 0 saturated heterocycles. The van der Waals surface area contributed by atoms with Crippen LogP contribution in [-0.2, 0) is 11.3 Å². The van der Waals surface area contributed by atoms with Gasteiger partial charge in [0.25, 0.3) is 5.91 Å². The van der Waals surface area contributed by atoms with E-state index in [2.05, 4.69) is 5.10 Å². The van der Waals surface area contributed by atoms with Crippen LogP contribution in [0.25, 0.3) is 0 Å². The highest BCUT2D eigenvalue weighted by atomic mass is 16.5. The number of hydrogen-bond donors (Lipinski definition) is 1. The standard InChI is InChI=1S/C12H19N5O2/c1-3-17-9-10(14)11(15-17)12(18)16(6-4-5-13)7-8-19-2/h9H,3-4,6-8,14H2,1-2H3. The third-order valence-electron chi connectivity index (χ3n) is 2.66. The number of nitriles is 1. The summed E-state index contributed by atoms with van der Waals surface area (Å²) in [4.78, 5) is 13.8. The molecule has 0 atom stereocenters. The van der Waals surface area contributed by atoms with Gasteiger partial charge in [0.1, 0.15) is 0 Å². The first-order valence-electron chi connectivity index (χ1n) is 6.12. The Labute approximate surface area is 112 Å². The average molecular weight is 265 g/mol. The van der Waals surface area contributed by atoms with Crippen LogP contribution in [0, 0.1) is 11.3 Å². The molecule has 104 valence electrons. The minimum absolute atomic E-state index is 0.232. The highest BCUT2D eigenvalue weighted by Gasteiger charge is 2.21. The first-order valence-corrected chi connectivity index (χ1v) is 6.12. The van der Waals surface area contributed by atoms with Crippen molar-refractivity contribution in [2.45, 2.75) is 19.9 Å². The largest absolute Gasteiger partial charge is 0.396 e. The van der Waals surface area contributed by atoms with Gasteiger partial charge in [0, 0.05) is 32.9 Å². The van der Waals surface area contributed by atoms with Gasteiger partial charge < -0.3 is 15.4 Å². The van der Waals surface area contributed by atoms with Crippen molar-refractivity contribution in [2.75, 3.05) is 32.5 Å². The van der Waals surface area contributed by atoms with E-state index in [1.54, 1.807) is 18.0 Å². The number of carbonyl (C=O) groups excluding carboxylic acids is 1. The lowest BCUT2D eigenvalue weighted by molar-refractivity contribution is 0.0694. The molecular weight excluding hydrogens is 246 g/mol. The summed E-state index contributed by atoms with van der Waals surface area (Å²) >= 11 is 0. The molecule has 1 aromatic rings. The molecule has 0 unspecified atom stereocenters. The van der Waals surface area contributed by atoms with Crippen molar-refractivity contribution < 1.29 is 9.53 Å². The van der Waals surface area contributed by atoms with Crippen molar-refractivity contribution in [1.82, 2.24) is 14.7 Å². The molecular formula is C12H19N5O2. The summed E-state index contributed by atoms with van der Waals surface area (Å²) in [6, 6.07) is 2.02. The van der Waals surface area contributed by atoms with Gasteiger partial charge in [-0.05, 0) is 6.92 Å². The summed E-state index contributed by atoms with van der Waals surface area (Å²) in [6.07, 6.45) is 1.90. The molecule has 1 aromatic heterocycles. The van der Waals surface area contributed by atoms with E-state index in [4.69, 9.17) is 15.7 Å². The Kier molecular flexibility index (Phi) is 5.82. The molecule has 0 fully saturated rings. The normalized spacial score (nSPS) is 10.2. The molecule has 19 heavy (non-hydrogen) atoms. The molecule has 2 N–H and O–H groups in total. The fourth-order valence-electron chi connectivity index (χ4n) is 1.62. The molecule has 7 heteroatoms. The van der Waals surface area contributed by atoms with E-state index in [-0.39, 0.29) is 18.0 Å². The van der Waals surface area contributed by atoms with E-state index in [0.717, 1.165) is 0 Å². The Bertz CT molecular complexity index is 463. The van der Waals surface area contributed by atoms with Gasteiger partial charge in [-0.2, -0.15) is 10.4 Å². The predicted molar refractivity (Wildman–Crippen MR) is 70.3 cm³/mol. The average Bonchev–Trinajstić information content (AvgIpc) is 2.79. The van der Waals surface area contributed by atoms with Crippen LogP contribution >= 0.6 is 0 Å². The Hall–Kier alpha value is -2.07. The van der Waals surface area contributed by atoms with Crippen molar-refractivity contribution in [2.24, 2.45) is 0 Å². The number of aryl methyl sites for hydroxylation is 1. The highest BCUT2D eigenvalue weighted by Crippen LogP contribution is 2.12. The summed E-state index contributed by atoms with van der Waals surface area (Å²) < 4.78 is 6.57. The molecule has 0 bridgehead atoms. The minimum Gasteiger partial charge on any atom is -0.396 e. The van der Waals surface area contributed by atoms with E-state index in [0.29, 0.717) is 31.9 Å². The number of carbonyl (C=O) groups is 1. The number of amides is 1. The molecule has 0 radical (unpaired) electrons. The second-order valence-electron chi connectivity index (χ2n) is 3.98. The molecule has 0 saturated carbocycles. The number of methoxy groups -OCH3 is 1. The third-order valence-corrected chi connectivity index (χ3v) is 2.66. The van der Waals surface area contributed by atoms with Crippen molar-refractivity contribution in [3.05, 3.63) is 11.9 Å². The SMILES string of the molecule is CCn1cc(N)c(C(=O)N(CCC#N)CCOC)n1. The Morgan fingerprint density at radius 1 is 1.63 bits per heavy atom. The van der Waals surface area contributed by atoms with Crippen LogP contribution in [-0.4, -0.2) is 47.4 Å². The maximum Gasteiger partial charge on any atom is 0.276 e. The molecule has 0 aliphatic carbocycles. The van der Waals surface area contributed by atoms with Crippen molar-refractivity contribution in [3.63, 3.8) is 0 Å². The molecule has 1 rings (SSSR count). The molecule has 7 nitrogen and oxygen atoms in total. The van der Waals surface area contributed by atoms with Gasteiger partial charge in [-0.15, -0.1) is 0 Å². The maximum atomic E-state index is 12.3. The summed E-state index contributed by atoms with van der Waals surface area (Å²) in [5.74, 6) is -0.267. The van der Waals surface area contributed by atoms with E-state index < -0.39 is 0 Å². The highest BCUT2D eigenvalue weighted by molar-refractivity contribution is 5.97. The second kappa shape index (κ2) is 7.38. The zero-order valence-corrected chi connectivity index (χ0v) is 11.3. The van der Waals surface area contributed by atoms with Crippen molar-refractivity contribution in [3.8, 4) is 6.07 Å². The number of nitrogens with zero attached hydrogens (tertiary/aromatic N) is 4. The fraction of sp³-hybridized carbons (Fsp3) is 0.583. The molecule has 0 aromatic carbocycles. The van der Waals surface area contributed by atoms with Crippen LogP contribution < -0.4 is 5.73 Å². The minimum atomic E-state index is -0.267. The molecule has 0 spiro atoms. The van der Waals surface area contributed by atoms with Crippen LogP contribution in [0.1, 0.15) is 23.8 Å². The van der Waals surface area contributed by atoms with E-state index in [9.17, 15) is 4.79 Å². The number of hydrogen-bond acceptors (Lipinski definition) is 5. The second-order valence-corrected chi connectivity index (χ2v) is 3.98. The van der Waals surface area contributed by atoms with Crippen molar-refractivity contribution in [1.29, 1.82) is 5.26 Å². The fourth-order valence-corrected chi connectivity index (χ4v) is 1.62. The van der Waals surface area contributed by atoms with Gasteiger partial charge in [-0.3, -0.25) is 9.48 Å². The monoisotopic (exact) mass is 265 g/mol. The van der Waals surface area contributed by atoms with Crippen LogP contribution in [0.15, 0.2) is 6.20 Å². The van der Waals surface area contributed by atoms with Gasteiger partial charge in [0.05, 0.1) is 24.8 Å². The summed E-state index contributed by atoms with van der Waals surface area (Å²) in [7, 11) is 1.56. The zero-order valence-electron chi connectivity index (χ0n) is 11.3. The molecule has 1 heterocycles. The van der Waals surface area contributed by atoms with Crippen LogP contribution in [0.5, 0.6) is 0 Å². The molecule has 1 amide bonds. The predicted octanol–water partition coefficient (Wildman–Crippen LogP) is 0.487. The summed E-state index contributed by atoms with van der Waals surface area (Å²) in [5, 5.41) is 12.8. The maximum absolute atomic E-state index is 12.3. The smallest absolute Gasteiger partial charge is 0.276 e. The Morgan fingerprint density at radius 2 is 2.37 bits per heavy atom. The van der Waals surface area contributed by atoms with Gasteiger partial charge in [-0.25, -0.2) is 0 Å². The summed E-state index contributed by atoms with van der Waals surface area (Å²) in [6.45, 7) is 3.73. The van der Waals surface area contributed by atoms with Crippen molar-refractivity contribution >= 4 is 11.6 Å². The number of nitrogen functional groups attached to an aromatic ring is 1. The number of anilines is 1. The van der Waals surface area contributed by atoms with E-state index >= 15 is 0 Å². The quantitative estimate of drug-likeness (QED) is 0.773. The first kappa shape index (κ1) is 15.0. The summed E-state index contributed by atoms with van der Waals surface area (Å²) in [5.41, 5.74) is 6.37. The lowest BCUT2D eigenvalue weighted by atomic mass is 10.3. The number of nitrogens with two attached hydrogens (primary N) is 1. The molecule has 0 aliphatic heterocycles. The van der Waals surface area contributed by atoms with Gasteiger partial charge in [0.2, 0.25) is 0 Å². The molecule has 0 aliphatic rings. The van der Waals surface area contributed by atoms with E-state index in [1.165, 1.54) is 4.90 Å². The number of ether oxygens (including phenoxy) is 1. The van der Waals surface area contributed by atoms with Gasteiger partial charge in [-0.1, -0.05) is 0 Å². The third kappa shape index (κ3) is 3.96. The van der Waals surface area contributed by atoms with Crippen LogP contribution in [0.4, 0.5) is 5.69 Å². The number of rotatable bonds is 7. The van der Waals surface area contributed by atoms with Crippen LogP contribution in [0.2, 0.25) is 0 Å². The Balaban J connectivity index is 2.84. The zero-order chi connectivity index (χ0) is 14.3.